The molecule has 3 heteroatoms. The molecule has 2 rings (SSSR count). The van der Waals surface area contributed by atoms with E-state index in [0.717, 1.165) is 16.9 Å². The summed E-state index contributed by atoms with van der Waals surface area (Å²) in [6.45, 7) is 9.90. The summed E-state index contributed by atoms with van der Waals surface area (Å²) < 4.78 is 5.77. The molecule has 23 heavy (non-hydrogen) atoms. The van der Waals surface area contributed by atoms with Crippen LogP contribution in [0.2, 0.25) is 0 Å². The molecule has 0 aromatic heterocycles. The number of aryl methyl sites for hydroxylation is 3. The zero-order valence-corrected chi connectivity index (χ0v) is 14.5. The Morgan fingerprint density at radius 2 is 1.65 bits per heavy atom. The van der Waals surface area contributed by atoms with Crippen LogP contribution in [-0.2, 0) is 4.79 Å². The Kier molecular flexibility index (Phi) is 5.43. The van der Waals surface area contributed by atoms with Gasteiger partial charge in [-0.2, -0.15) is 0 Å². The van der Waals surface area contributed by atoms with Gasteiger partial charge in [-0.15, -0.1) is 0 Å². The van der Waals surface area contributed by atoms with E-state index in [1.165, 1.54) is 11.1 Å². The molecule has 0 aliphatic carbocycles. The number of nitrogens with one attached hydrogen (secondary N) is 1. The third kappa shape index (κ3) is 4.35. The minimum Gasteiger partial charge on any atom is -0.481 e. The number of hydrogen-bond acceptors (Lipinski definition) is 2. The number of amides is 1. The molecule has 0 fully saturated rings. The van der Waals surface area contributed by atoms with Crippen molar-refractivity contribution in [2.75, 3.05) is 0 Å². The third-order valence-corrected chi connectivity index (χ3v) is 4.16. The number of carbonyl (C=O) groups is 1. The zero-order chi connectivity index (χ0) is 17.0. The molecule has 0 aliphatic rings. The van der Waals surface area contributed by atoms with Crippen molar-refractivity contribution in [3.05, 3.63) is 64.7 Å². The Bertz CT molecular complexity index is 694. The van der Waals surface area contributed by atoms with Crippen molar-refractivity contribution in [1.82, 2.24) is 5.32 Å². The molecule has 0 bridgehead atoms. The summed E-state index contributed by atoms with van der Waals surface area (Å²) in [6.07, 6.45) is -0.537. The van der Waals surface area contributed by atoms with Crippen LogP contribution in [0.25, 0.3) is 0 Å². The van der Waals surface area contributed by atoms with Crippen LogP contribution >= 0.6 is 0 Å². The van der Waals surface area contributed by atoms with Crippen LogP contribution in [0, 0.1) is 20.8 Å². The highest BCUT2D eigenvalue weighted by Gasteiger charge is 2.18. The minimum atomic E-state index is -0.537. The lowest BCUT2D eigenvalue weighted by Gasteiger charge is -2.20. The summed E-state index contributed by atoms with van der Waals surface area (Å²) in [5.41, 5.74) is 4.61. The van der Waals surface area contributed by atoms with Crippen molar-refractivity contribution in [2.45, 2.75) is 46.8 Å². The normalized spacial score (nSPS) is 13.3. The van der Waals surface area contributed by atoms with E-state index >= 15 is 0 Å². The van der Waals surface area contributed by atoms with Gasteiger partial charge in [-0.3, -0.25) is 4.79 Å². The van der Waals surface area contributed by atoms with Gasteiger partial charge in [0, 0.05) is 0 Å². The smallest absolute Gasteiger partial charge is 0.261 e. The fourth-order valence-electron chi connectivity index (χ4n) is 2.38. The Morgan fingerprint density at radius 1 is 0.957 bits per heavy atom. The number of hydrogen-bond donors (Lipinski definition) is 1. The zero-order valence-electron chi connectivity index (χ0n) is 14.5. The van der Waals surface area contributed by atoms with Gasteiger partial charge in [0.1, 0.15) is 5.75 Å². The van der Waals surface area contributed by atoms with Gasteiger partial charge in [-0.1, -0.05) is 36.4 Å². The molecule has 122 valence electrons. The molecule has 0 saturated heterocycles. The first-order chi connectivity index (χ1) is 10.9. The van der Waals surface area contributed by atoms with E-state index in [0.29, 0.717) is 0 Å². The van der Waals surface area contributed by atoms with Gasteiger partial charge in [-0.25, -0.2) is 0 Å². The molecule has 0 spiro atoms. The molecular weight excluding hydrogens is 286 g/mol. The van der Waals surface area contributed by atoms with Crippen LogP contribution in [0.3, 0.4) is 0 Å². The Balaban J connectivity index is 2.00. The average molecular weight is 311 g/mol. The van der Waals surface area contributed by atoms with Crippen LogP contribution in [0.5, 0.6) is 5.75 Å². The lowest BCUT2D eigenvalue weighted by atomic mass is 10.0. The molecule has 0 heterocycles. The van der Waals surface area contributed by atoms with Crippen LogP contribution in [0.1, 0.15) is 42.1 Å². The highest BCUT2D eigenvalue weighted by atomic mass is 16.5. The van der Waals surface area contributed by atoms with Gasteiger partial charge < -0.3 is 10.1 Å². The Labute approximate surface area is 138 Å². The first kappa shape index (κ1) is 17.1. The second-order valence-electron chi connectivity index (χ2n) is 6.10. The van der Waals surface area contributed by atoms with Crippen LogP contribution in [-0.4, -0.2) is 12.0 Å². The van der Waals surface area contributed by atoms with Gasteiger partial charge in [0.2, 0.25) is 0 Å². The molecule has 2 atom stereocenters. The number of rotatable bonds is 5. The molecule has 2 aromatic carbocycles. The lowest BCUT2D eigenvalue weighted by molar-refractivity contribution is -0.127. The van der Waals surface area contributed by atoms with Crippen LogP contribution in [0.15, 0.2) is 42.5 Å². The topological polar surface area (TPSA) is 38.3 Å². The quantitative estimate of drug-likeness (QED) is 0.896. The predicted octanol–water partition coefficient (Wildman–Crippen LogP) is 4.26. The number of carbonyl (C=O) groups excluding carboxylic acids is 1. The summed E-state index contributed by atoms with van der Waals surface area (Å²) in [5, 5.41) is 3.02. The van der Waals surface area contributed by atoms with Crippen molar-refractivity contribution < 1.29 is 9.53 Å². The van der Waals surface area contributed by atoms with Crippen molar-refractivity contribution >= 4 is 5.91 Å². The Hall–Kier alpha value is -2.29. The molecule has 0 saturated carbocycles. The molecule has 0 aliphatic heterocycles. The van der Waals surface area contributed by atoms with E-state index in [1.807, 2.05) is 38.1 Å². The molecule has 3 nitrogen and oxygen atoms in total. The Morgan fingerprint density at radius 3 is 2.30 bits per heavy atom. The first-order valence-corrected chi connectivity index (χ1v) is 7.98. The monoisotopic (exact) mass is 311 g/mol. The van der Waals surface area contributed by atoms with Crippen LogP contribution in [0.4, 0.5) is 0 Å². The highest BCUT2D eigenvalue weighted by molar-refractivity contribution is 5.81. The molecule has 0 unspecified atom stereocenters. The summed E-state index contributed by atoms with van der Waals surface area (Å²) in [7, 11) is 0. The van der Waals surface area contributed by atoms with Gasteiger partial charge in [-0.05, 0) is 62.9 Å². The summed E-state index contributed by atoms with van der Waals surface area (Å²) in [6, 6.07) is 13.9. The highest BCUT2D eigenvalue weighted by Crippen LogP contribution is 2.19. The molecular formula is C20H25NO2. The number of para-hydroxylation sites is 1. The van der Waals surface area contributed by atoms with E-state index in [2.05, 4.69) is 37.4 Å². The number of benzene rings is 2. The van der Waals surface area contributed by atoms with E-state index < -0.39 is 6.10 Å². The summed E-state index contributed by atoms with van der Waals surface area (Å²) >= 11 is 0. The average Bonchev–Trinajstić information content (AvgIpc) is 2.52. The second kappa shape index (κ2) is 7.32. The molecule has 2 aromatic rings. The van der Waals surface area contributed by atoms with Crippen molar-refractivity contribution in [1.29, 1.82) is 0 Å². The fraction of sp³-hybridized carbons (Fsp3) is 0.350. The van der Waals surface area contributed by atoms with Crippen molar-refractivity contribution in [2.24, 2.45) is 0 Å². The maximum Gasteiger partial charge on any atom is 0.261 e. The van der Waals surface area contributed by atoms with E-state index in [9.17, 15) is 4.79 Å². The van der Waals surface area contributed by atoms with Crippen molar-refractivity contribution in [3.63, 3.8) is 0 Å². The van der Waals surface area contributed by atoms with E-state index in [1.54, 1.807) is 6.92 Å². The molecule has 0 radical (unpaired) electrons. The lowest BCUT2D eigenvalue weighted by Crippen LogP contribution is -2.37. The van der Waals surface area contributed by atoms with Gasteiger partial charge >= 0.3 is 0 Å². The van der Waals surface area contributed by atoms with E-state index in [4.69, 9.17) is 4.74 Å². The first-order valence-electron chi connectivity index (χ1n) is 7.98. The molecule has 1 N–H and O–H groups in total. The summed E-state index contributed by atoms with van der Waals surface area (Å²) in [4.78, 5) is 12.4. The minimum absolute atomic E-state index is 0.0512. The summed E-state index contributed by atoms with van der Waals surface area (Å²) in [5.74, 6) is 0.632. The third-order valence-electron chi connectivity index (χ3n) is 4.16. The van der Waals surface area contributed by atoms with E-state index in [-0.39, 0.29) is 11.9 Å². The van der Waals surface area contributed by atoms with Gasteiger partial charge in [0.05, 0.1) is 6.04 Å². The predicted molar refractivity (Wildman–Crippen MR) is 93.7 cm³/mol. The standard InChI is InChI=1S/C20H25NO2/c1-13-10-11-18(12-15(13)3)16(4)21-20(22)17(5)23-19-9-7-6-8-14(19)2/h6-12,16-17H,1-5H3,(H,21,22)/t16-,17+/m0/s1. The largest absolute Gasteiger partial charge is 0.481 e. The fourth-order valence-corrected chi connectivity index (χ4v) is 2.38. The van der Waals surface area contributed by atoms with Gasteiger partial charge in [0.25, 0.3) is 5.91 Å². The van der Waals surface area contributed by atoms with Crippen molar-refractivity contribution in [3.8, 4) is 5.75 Å². The maximum absolute atomic E-state index is 12.4. The second-order valence-corrected chi connectivity index (χ2v) is 6.10. The van der Waals surface area contributed by atoms with Crippen LogP contribution < -0.4 is 10.1 Å². The number of ether oxygens (including phenoxy) is 1. The van der Waals surface area contributed by atoms with Gasteiger partial charge in [0.15, 0.2) is 6.10 Å². The maximum atomic E-state index is 12.4. The SMILES string of the molecule is Cc1ccc([C@H](C)NC(=O)[C@@H](C)Oc2ccccc2C)cc1C. The molecule has 1 amide bonds.